The molecule has 0 spiro atoms. The highest BCUT2D eigenvalue weighted by molar-refractivity contribution is 7.07. The van der Waals surface area contributed by atoms with Crippen molar-refractivity contribution in [2.75, 3.05) is 25.0 Å². The molecule has 0 saturated carbocycles. The van der Waals surface area contributed by atoms with Gasteiger partial charge in [-0.3, -0.25) is 9.59 Å². The maximum Gasteiger partial charge on any atom is 0.260 e. The number of likely N-dealkylation sites (N-methyl/N-ethyl adjacent to an activating group) is 1. The van der Waals surface area contributed by atoms with Gasteiger partial charge < -0.3 is 15.0 Å². The topological polar surface area (TPSA) is 58.6 Å². The van der Waals surface area contributed by atoms with Gasteiger partial charge in [0.05, 0.1) is 5.02 Å². The first-order chi connectivity index (χ1) is 12.5. The molecule has 1 N–H and O–H groups in total. The van der Waals surface area contributed by atoms with Gasteiger partial charge in [-0.15, -0.1) is 0 Å². The van der Waals surface area contributed by atoms with Crippen LogP contribution in [0.15, 0.2) is 35.0 Å². The van der Waals surface area contributed by atoms with E-state index < -0.39 is 0 Å². The number of thiophene rings is 1. The van der Waals surface area contributed by atoms with Gasteiger partial charge in [-0.05, 0) is 60.9 Å². The molecule has 1 heterocycles. The Morgan fingerprint density at radius 3 is 2.62 bits per heavy atom. The van der Waals surface area contributed by atoms with Crippen LogP contribution in [0.1, 0.15) is 25.8 Å². The van der Waals surface area contributed by atoms with E-state index in [4.69, 9.17) is 16.3 Å². The molecule has 26 heavy (non-hydrogen) atoms. The Labute approximate surface area is 162 Å². The number of ether oxygens (including phenoxy) is 1. The Morgan fingerprint density at radius 2 is 2.00 bits per heavy atom. The van der Waals surface area contributed by atoms with Crippen LogP contribution in [0.3, 0.4) is 0 Å². The lowest BCUT2D eigenvalue weighted by atomic mass is 10.2. The summed E-state index contributed by atoms with van der Waals surface area (Å²) in [5.41, 5.74) is 1.76. The SMILES string of the molecule is CCN(CC)C(=O)COc1ccc(NC(=O)CCc2ccsc2)cc1Cl. The fraction of sp³-hybridized carbons (Fsp3) is 0.368. The molecule has 0 fully saturated rings. The minimum absolute atomic E-state index is 0.0618. The molecule has 2 amide bonds. The maximum absolute atomic E-state index is 12.0. The van der Waals surface area contributed by atoms with Gasteiger partial charge in [-0.25, -0.2) is 0 Å². The van der Waals surface area contributed by atoms with Crippen LogP contribution >= 0.6 is 22.9 Å². The van der Waals surface area contributed by atoms with Crippen LogP contribution in [0.4, 0.5) is 5.69 Å². The molecule has 5 nitrogen and oxygen atoms in total. The van der Waals surface area contributed by atoms with Gasteiger partial charge in [0.1, 0.15) is 5.75 Å². The number of anilines is 1. The Hall–Kier alpha value is -2.05. The minimum atomic E-state index is -0.0862. The molecular formula is C19H23ClN2O3S. The van der Waals surface area contributed by atoms with E-state index in [1.165, 1.54) is 0 Å². The van der Waals surface area contributed by atoms with Crippen LogP contribution < -0.4 is 10.1 Å². The number of nitrogens with zero attached hydrogens (tertiary/aromatic N) is 1. The lowest BCUT2D eigenvalue weighted by Crippen LogP contribution is -2.34. The van der Waals surface area contributed by atoms with Crippen LogP contribution in [0, 0.1) is 0 Å². The second-order valence-electron chi connectivity index (χ2n) is 5.68. The normalized spacial score (nSPS) is 10.4. The van der Waals surface area contributed by atoms with Crippen LogP contribution in [0.25, 0.3) is 0 Å². The summed E-state index contributed by atoms with van der Waals surface area (Å²) in [6, 6.07) is 7.01. The van der Waals surface area contributed by atoms with Crippen molar-refractivity contribution >= 4 is 40.4 Å². The predicted octanol–water partition coefficient (Wildman–Crippen LogP) is 4.22. The summed E-state index contributed by atoms with van der Waals surface area (Å²) in [7, 11) is 0. The van der Waals surface area contributed by atoms with Crippen molar-refractivity contribution in [3.05, 3.63) is 45.6 Å². The van der Waals surface area contributed by atoms with E-state index in [-0.39, 0.29) is 18.4 Å². The number of hydrogen-bond donors (Lipinski definition) is 1. The fourth-order valence-electron chi connectivity index (χ4n) is 2.42. The zero-order valence-electron chi connectivity index (χ0n) is 15.0. The van der Waals surface area contributed by atoms with Gasteiger partial charge in [-0.2, -0.15) is 11.3 Å². The molecule has 7 heteroatoms. The maximum atomic E-state index is 12.0. The van der Waals surface area contributed by atoms with Crippen molar-refractivity contribution in [3.63, 3.8) is 0 Å². The highest BCUT2D eigenvalue weighted by Gasteiger charge is 2.12. The Kier molecular flexibility index (Phi) is 7.94. The summed E-state index contributed by atoms with van der Waals surface area (Å²) in [6.45, 7) is 5.06. The molecule has 2 aromatic rings. The van der Waals surface area contributed by atoms with Crippen molar-refractivity contribution in [1.82, 2.24) is 4.90 Å². The minimum Gasteiger partial charge on any atom is -0.482 e. The van der Waals surface area contributed by atoms with E-state index in [0.717, 1.165) is 5.56 Å². The summed E-state index contributed by atoms with van der Waals surface area (Å²) in [4.78, 5) is 25.7. The predicted molar refractivity (Wildman–Crippen MR) is 106 cm³/mol. The van der Waals surface area contributed by atoms with Gasteiger partial charge in [0, 0.05) is 25.2 Å². The number of nitrogens with one attached hydrogen (secondary N) is 1. The molecule has 1 aromatic carbocycles. The number of halogens is 1. The highest BCUT2D eigenvalue weighted by Crippen LogP contribution is 2.28. The monoisotopic (exact) mass is 394 g/mol. The second kappa shape index (κ2) is 10.2. The fourth-order valence-corrected chi connectivity index (χ4v) is 3.36. The van der Waals surface area contributed by atoms with E-state index in [0.29, 0.717) is 42.4 Å². The van der Waals surface area contributed by atoms with Gasteiger partial charge in [0.2, 0.25) is 5.91 Å². The van der Waals surface area contributed by atoms with Crippen LogP contribution in [-0.4, -0.2) is 36.4 Å². The summed E-state index contributed by atoms with van der Waals surface area (Å²) in [5.74, 6) is 0.262. The first-order valence-corrected chi connectivity index (χ1v) is 9.86. The summed E-state index contributed by atoms with van der Waals surface area (Å²) < 4.78 is 5.50. The van der Waals surface area contributed by atoms with Crippen LogP contribution in [0.2, 0.25) is 5.02 Å². The summed E-state index contributed by atoms with van der Waals surface area (Å²) >= 11 is 7.82. The molecule has 0 bridgehead atoms. The smallest absolute Gasteiger partial charge is 0.260 e. The van der Waals surface area contributed by atoms with Gasteiger partial charge in [-0.1, -0.05) is 11.6 Å². The van der Waals surface area contributed by atoms with Gasteiger partial charge in [0.25, 0.3) is 5.91 Å². The van der Waals surface area contributed by atoms with Crippen molar-refractivity contribution < 1.29 is 14.3 Å². The van der Waals surface area contributed by atoms with Crippen molar-refractivity contribution in [1.29, 1.82) is 0 Å². The third-order valence-electron chi connectivity index (χ3n) is 3.90. The molecule has 0 aliphatic heterocycles. The van der Waals surface area contributed by atoms with E-state index >= 15 is 0 Å². The molecule has 0 radical (unpaired) electrons. The van der Waals surface area contributed by atoms with E-state index in [1.807, 2.05) is 30.7 Å². The molecule has 1 aromatic heterocycles. The molecule has 0 saturated heterocycles. The van der Waals surface area contributed by atoms with E-state index in [1.54, 1.807) is 34.4 Å². The Morgan fingerprint density at radius 1 is 1.23 bits per heavy atom. The molecule has 2 rings (SSSR count). The van der Waals surface area contributed by atoms with Crippen molar-refractivity contribution in [2.24, 2.45) is 0 Å². The highest BCUT2D eigenvalue weighted by atomic mass is 35.5. The number of carbonyl (C=O) groups is 2. The molecule has 0 aliphatic carbocycles. The first-order valence-electron chi connectivity index (χ1n) is 8.54. The Bertz CT molecular complexity index is 730. The number of benzene rings is 1. The average Bonchev–Trinajstić information content (AvgIpc) is 3.14. The molecule has 0 unspecified atom stereocenters. The summed E-state index contributed by atoms with van der Waals surface area (Å²) in [6.07, 6.45) is 1.11. The molecule has 0 atom stereocenters. The summed E-state index contributed by atoms with van der Waals surface area (Å²) in [5, 5.41) is 7.21. The van der Waals surface area contributed by atoms with Crippen LogP contribution in [0.5, 0.6) is 5.75 Å². The standard InChI is InChI=1S/C19H23ClN2O3S/c1-3-22(4-2)19(24)12-25-17-7-6-15(11-16(17)20)21-18(23)8-5-14-9-10-26-13-14/h6-7,9-11,13H,3-5,8,12H2,1-2H3,(H,21,23). The largest absolute Gasteiger partial charge is 0.482 e. The van der Waals surface area contributed by atoms with E-state index in [2.05, 4.69) is 5.32 Å². The number of rotatable bonds is 9. The van der Waals surface area contributed by atoms with Crippen molar-refractivity contribution in [2.45, 2.75) is 26.7 Å². The van der Waals surface area contributed by atoms with Gasteiger partial charge >= 0.3 is 0 Å². The van der Waals surface area contributed by atoms with Crippen molar-refractivity contribution in [3.8, 4) is 5.75 Å². The molecular weight excluding hydrogens is 372 g/mol. The quantitative estimate of drug-likeness (QED) is 0.692. The molecule has 0 aliphatic rings. The molecule has 140 valence electrons. The average molecular weight is 395 g/mol. The lowest BCUT2D eigenvalue weighted by Gasteiger charge is -2.19. The third-order valence-corrected chi connectivity index (χ3v) is 4.93. The number of carbonyl (C=O) groups excluding carboxylic acids is 2. The number of hydrogen-bond acceptors (Lipinski definition) is 4. The van der Waals surface area contributed by atoms with Gasteiger partial charge in [0.15, 0.2) is 6.61 Å². The van der Waals surface area contributed by atoms with E-state index in [9.17, 15) is 9.59 Å². The number of aryl methyl sites for hydroxylation is 1. The second-order valence-corrected chi connectivity index (χ2v) is 6.87. The first kappa shape index (κ1) is 20.3. The lowest BCUT2D eigenvalue weighted by molar-refractivity contribution is -0.133. The number of amides is 2. The van der Waals surface area contributed by atoms with Crippen LogP contribution in [-0.2, 0) is 16.0 Å². The Balaban J connectivity index is 1.86. The zero-order chi connectivity index (χ0) is 18.9. The zero-order valence-corrected chi connectivity index (χ0v) is 16.5. The third kappa shape index (κ3) is 6.04.